The molecule has 19 heavy (non-hydrogen) atoms. The highest BCUT2D eigenvalue weighted by molar-refractivity contribution is 6.31. The first-order valence-corrected chi connectivity index (χ1v) is 6.50. The van der Waals surface area contributed by atoms with Crippen LogP contribution in [0.4, 0.5) is 4.39 Å². The van der Waals surface area contributed by atoms with Gasteiger partial charge in [0.15, 0.2) is 5.82 Å². The monoisotopic (exact) mass is 283 g/mol. The Morgan fingerprint density at radius 1 is 1.47 bits per heavy atom. The van der Waals surface area contributed by atoms with Gasteiger partial charge in [-0.25, -0.2) is 4.39 Å². The summed E-state index contributed by atoms with van der Waals surface area (Å²) in [6, 6.07) is 4.26. The van der Waals surface area contributed by atoms with Crippen LogP contribution < -0.4 is 5.73 Å². The van der Waals surface area contributed by atoms with E-state index in [-0.39, 0.29) is 18.3 Å². The van der Waals surface area contributed by atoms with Gasteiger partial charge in [-0.3, -0.25) is 0 Å². The molecule has 0 spiro atoms. The molecule has 1 aromatic carbocycles. The SMILES string of the molecule is CCC[C@@H](N)c1nc(Cc2c(F)cccc2Cl)no1. The van der Waals surface area contributed by atoms with Gasteiger partial charge in [-0.1, -0.05) is 36.2 Å². The van der Waals surface area contributed by atoms with Crippen molar-refractivity contribution in [2.45, 2.75) is 32.2 Å². The molecule has 0 aliphatic rings. The lowest BCUT2D eigenvalue weighted by Crippen LogP contribution is -2.10. The van der Waals surface area contributed by atoms with Crippen molar-refractivity contribution in [1.29, 1.82) is 0 Å². The van der Waals surface area contributed by atoms with E-state index in [1.807, 2.05) is 6.92 Å². The summed E-state index contributed by atoms with van der Waals surface area (Å²) in [4.78, 5) is 4.18. The molecule has 0 unspecified atom stereocenters. The Hall–Kier alpha value is -1.46. The Kier molecular flexibility index (Phi) is 4.50. The first-order valence-electron chi connectivity index (χ1n) is 6.12. The van der Waals surface area contributed by atoms with Gasteiger partial charge < -0.3 is 10.3 Å². The van der Waals surface area contributed by atoms with Crippen molar-refractivity contribution >= 4 is 11.6 Å². The summed E-state index contributed by atoms with van der Waals surface area (Å²) in [5.74, 6) is 0.384. The van der Waals surface area contributed by atoms with Gasteiger partial charge in [-0.2, -0.15) is 4.98 Å². The van der Waals surface area contributed by atoms with Crippen LogP contribution in [0.3, 0.4) is 0 Å². The van der Waals surface area contributed by atoms with E-state index < -0.39 is 0 Å². The predicted octanol–water partition coefficient (Wildman–Crippen LogP) is 3.25. The van der Waals surface area contributed by atoms with Gasteiger partial charge in [0.25, 0.3) is 0 Å². The maximum absolute atomic E-state index is 13.6. The quantitative estimate of drug-likeness (QED) is 0.915. The Balaban J connectivity index is 2.16. The second-order valence-electron chi connectivity index (χ2n) is 4.32. The lowest BCUT2D eigenvalue weighted by molar-refractivity contribution is 0.344. The molecule has 0 radical (unpaired) electrons. The zero-order valence-corrected chi connectivity index (χ0v) is 11.3. The van der Waals surface area contributed by atoms with Crippen LogP contribution in [-0.4, -0.2) is 10.1 Å². The molecule has 2 N–H and O–H groups in total. The highest BCUT2D eigenvalue weighted by Crippen LogP contribution is 2.22. The van der Waals surface area contributed by atoms with Crippen LogP contribution in [0.5, 0.6) is 0 Å². The topological polar surface area (TPSA) is 64.9 Å². The van der Waals surface area contributed by atoms with Crippen LogP contribution >= 0.6 is 11.6 Å². The Bertz CT molecular complexity index is 538. The van der Waals surface area contributed by atoms with E-state index in [9.17, 15) is 4.39 Å². The molecular formula is C13H15ClFN3O. The van der Waals surface area contributed by atoms with Crippen LogP contribution in [0.25, 0.3) is 0 Å². The molecule has 102 valence electrons. The minimum Gasteiger partial charge on any atom is -0.338 e. The van der Waals surface area contributed by atoms with Crippen LogP contribution in [0, 0.1) is 5.82 Å². The molecule has 1 atom stereocenters. The molecule has 0 amide bonds. The molecule has 0 fully saturated rings. The Labute approximate surface area is 115 Å². The van der Waals surface area contributed by atoms with E-state index >= 15 is 0 Å². The smallest absolute Gasteiger partial charge is 0.243 e. The third kappa shape index (κ3) is 3.30. The Morgan fingerprint density at radius 3 is 2.95 bits per heavy atom. The normalized spacial score (nSPS) is 12.6. The first-order chi connectivity index (χ1) is 9.11. The van der Waals surface area contributed by atoms with E-state index in [2.05, 4.69) is 10.1 Å². The van der Waals surface area contributed by atoms with Gasteiger partial charge in [0.1, 0.15) is 5.82 Å². The molecular weight excluding hydrogens is 269 g/mol. The number of hydrogen-bond acceptors (Lipinski definition) is 4. The molecule has 2 rings (SSSR count). The van der Waals surface area contributed by atoms with Crippen LogP contribution in [-0.2, 0) is 6.42 Å². The summed E-state index contributed by atoms with van der Waals surface area (Å²) in [7, 11) is 0. The van der Waals surface area contributed by atoms with Gasteiger partial charge in [0, 0.05) is 17.0 Å². The highest BCUT2D eigenvalue weighted by Gasteiger charge is 2.16. The summed E-state index contributed by atoms with van der Waals surface area (Å²) in [6.45, 7) is 2.02. The number of aromatic nitrogens is 2. The van der Waals surface area contributed by atoms with Crippen LogP contribution in [0.15, 0.2) is 22.7 Å². The summed E-state index contributed by atoms with van der Waals surface area (Å²) in [5, 5.41) is 4.16. The summed E-state index contributed by atoms with van der Waals surface area (Å²) in [6.07, 6.45) is 1.88. The fraction of sp³-hybridized carbons (Fsp3) is 0.385. The van der Waals surface area contributed by atoms with E-state index in [4.69, 9.17) is 21.9 Å². The number of hydrogen-bond donors (Lipinski definition) is 1. The van der Waals surface area contributed by atoms with Crippen molar-refractivity contribution in [2.75, 3.05) is 0 Å². The lowest BCUT2D eigenvalue weighted by atomic mass is 10.1. The van der Waals surface area contributed by atoms with E-state index in [0.29, 0.717) is 22.3 Å². The van der Waals surface area contributed by atoms with E-state index in [1.54, 1.807) is 12.1 Å². The average Bonchev–Trinajstić information content (AvgIpc) is 2.83. The fourth-order valence-electron chi connectivity index (χ4n) is 1.78. The van der Waals surface area contributed by atoms with E-state index in [0.717, 1.165) is 12.8 Å². The molecule has 1 heterocycles. The minimum atomic E-state index is -0.378. The average molecular weight is 284 g/mol. The molecule has 4 nitrogen and oxygen atoms in total. The third-order valence-corrected chi connectivity index (χ3v) is 3.15. The van der Waals surface area contributed by atoms with Gasteiger partial charge in [0.05, 0.1) is 6.04 Å². The molecule has 6 heteroatoms. The molecule has 0 saturated carbocycles. The van der Waals surface area contributed by atoms with Gasteiger partial charge in [-0.05, 0) is 18.6 Å². The number of nitrogens with zero attached hydrogens (tertiary/aromatic N) is 2. The summed E-state index contributed by atoms with van der Waals surface area (Å²) < 4.78 is 18.7. The molecule has 1 aromatic heterocycles. The number of nitrogens with two attached hydrogens (primary N) is 1. The number of benzene rings is 1. The molecule has 0 aliphatic carbocycles. The largest absolute Gasteiger partial charge is 0.338 e. The Morgan fingerprint density at radius 2 is 2.26 bits per heavy atom. The standard InChI is InChI=1S/C13H15ClFN3O/c1-2-4-11(16)13-17-12(18-19-13)7-8-9(14)5-3-6-10(8)15/h3,5-6,11H,2,4,7,16H2,1H3/t11-/m1/s1. The third-order valence-electron chi connectivity index (χ3n) is 2.80. The van der Waals surface area contributed by atoms with Crippen molar-refractivity contribution in [3.63, 3.8) is 0 Å². The lowest BCUT2D eigenvalue weighted by Gasteiger charge is -2.03. The van der Waals surface area contributed by atoms with Gasteiger partial charge >= 0.3 is 0 Å². The molecule has 0 saturated heterocycles. The number of rotatable bonds is 5. The van der Waals surface area contributed by atoms with Gasteiger partial charge in [-0.15, -0.1) is 0 Å². The first kappa shape index (κ1) is 14.0. The second kappa shape index (κ2) is 6.12. The second-order valence-corrected chi connectivity index (χ2v) is 4.73. The van der Waals surface area contributed by atoms with Crippen molar-refractivity contribution in [3.8, 4) is 0 Å². The van der Waals surface area contributed by atoms with Crippen molar-refractivity contribution in [1.82, 2.24) is 10.1 Å². The molecule has 0 aliphatic heterocycles. The maximum Gasteiger partial charge on any atom is 0.243 e. The van der Waals surface area contributed by atoms with Crippen LogP contribution in [0.2, 0.25) is 5.02 Å². The zero-order chi connectivity index (χ0) is 13.8. The summed E-state index contributed by atoms with van der Waals surface area (Å²) in [5.41, 5.74) is 6.24. The van der Waals surface area contributed by atoms with Crippen molar-refractivity contribution in [3.05, 3.63) is 46.3 Å². The zero-order valence-electron chi connectivity index (χ0n) is 10.6. The molecule has 2 aromatic rings. The van der Waals surface area contributed by atoms with E-state index in [1.165, 1.54) is 6.07 Å². The van der Waals surface area contributed by atoms with Gasteiger partial charge in [0.2, 0.25) is 5.89 Å². The molecule has 0 bridgehead atoms. The minimum absolute atomic E-state index is 0.188. The predicted molar refractivity (Wildman–Crippen MR) is 70.4 cm³/mol. The fourth-order valence-corrected chi connectivity index (χ4v) is 2.01. The summed E-state index contributed by atoms with van der Waals surface area (Å²) >= 11 is 5.95. The van der Waals surface area contributed by atoms with Crippen molar-refractivity contribution < 1.29 is 8.91 Å². The maximum atomic E-state index is 13.6. The highest BCUT2D eigenvalue weighted by atomic mass is 35.5. The number of halogens is 2. The van der Waals surface area contributed by atoms with Crippen LogP contribution in [0.1, 0.15) is 43.1 Å². The van der Waals surface area contributed by atoms with Crippen molar-refractivity contribution in [2.24, 2.45) is 5.73 Å².